The minimum Gasteiger partial charge on any atom is -0.495 e. The van der Waals surface area contributed by atoms with Crippen LogP contribution in [0, 0.1) is 6.92 Å². The molecule has 86 valence electrons. The minimum atomic E-state index is 0.632. The molecule has 0 unspecified atom stereocenters. The molecule has 0 radical (unpaired) electrons. The van der Waals surface area contributed by atoms with Crippen LogP contribution in [0.15, 0.2) is 12.1 Å². The lowest BCUT2D eigenvalue weighted by Crippen LogP contribution is -2.05. The van der Waals surface area contributed by atoms with Crippen molar-refractivity contribution in [3.63, 3.8) is 0 Å². The van der Waals surface area contributed by atoms with Gasteiger partial charge in [-0.2, -0.15) is 0 Å². The Morgan fingerprint density at radius 1 is 1.44 bits per heavy atom. The average Bonchev–Trinajstić information content (AvgIpc) is 2.54. The Morgan fingerprint density at radius 3 is 2.81 bits per heavy atom. The zero-order valence-electron chi connectivity index (χ0n) is 9.65. The number of aromatic nitrogens is 1. The first-order chi connectivity index (χ1) is 7.67. The maximum atomic E-state index is 6.08. The van der Waals surface area contributed by atoms with E-state index in [1.54, 1.807) is 7.11 Å². The van der Waals surface area contributed by atoms with Crippen molar-refractivity contribution in [2.45, 2.75) is 13.5 Å². The zero-order chi connectivity index (χ0) is 11.7. The second-order valence-corrected chi connectivity index (χ2v) is 4.20. The van der Waals surface area contributed by atoms with E-state index in [0.29, 0.717) is 10.8 Å². The van der Waals surface area contributed by atoms with Crippen molar-refractivity contribution < 1.29 is 4.74 Å². The van der Waals surface area contributed by atoms with Crippen molar-refractivity contribution in [1.82, 2.24) is 10.3 Å². The lowest BCUT2D eigenvalue weighted by Gasteiger charge is -2.04. The van der Waals surface area contributed by atoms with Gasteiger partial charge in [-0.3, -0.25) is 0 Å². The topological polar surface area (TPSA) is 37.0 Å². The number of H-pyrrole nitrogens is 1. The largest absolute Gasteiger partial charge is 0.495 e. The van der Waals surface area contributed by atoms with Gasteiger partial charge in [-0.05, 0) is 31.7 Å². The highest BCUT2D eigenvalue weighted by Gasteiger charge is 2.11. The first-order valence-electron chi connectivity index (χ1n) is 5.16. The lowest BCUT2D eigenvalue weighted by atomic mass is 10.1. The summed E-state index contributed by atoms with van der Waals surface area (Å²) in [5, 5.41) is 4.95. The fraction of sp³-hybridized carbons (Fsp3) is 0.333. The molecular formula is C12H15ClN2O. The number of aromatic amines is 1. The summed E-state index contributed by atoms with van der Waals surface area (Å²) in [4.78, 5) is 3.32. The Bertz CT molecular complexity index is 519. The number of hydrogen-bond acceptors (Lipinski definition) is 2. The normalized spacial score (nSPS) is 11.0. The number of methoxy groups -OCH3 is 1. The number of ether oxygens (including phenoxy) is 1. The first-order valence-corrected chi connectivity index (χ1v) is 5.54. The summed E-state index contributed by atoms with van der Waals surface area (Å²) in [5.41, 5.74) is 3.47. The molecule has 1 aromatic heterocycles. The van der Waals surface area contributed by atoms with E-state index in [9.17, 15) is 0 Å². The van der Waals surface area contributed by atoms with Crippen LogP contribution in [0.4, 0.5) is 0 Å². The molecule has 2 aromatic rings. The van der Waals surface area contributed by atoms with Gasteiger partial charge in [-0.1, -0.05) is 11.6 Å². The first kappa shape index (κ1) is 11.3. The molecule has 0 aliphatic rings. The lowest BCUT2D eigenvalue weighted by molar-refractivity contribution is 0.415. The summed E-state index contributed by atoms with van der Waals surface area (Å²) in [6, 6.07) is 3.88. The molecule has 0 atom stereocenters. The van der Waals surface area contributed by atoms with E-state index in [2.05, 4.69) is 17.2 Å². The highest BCUT2D eigenvalue weighted by atomic mass is 35.5. The van der Waals surface area contributed by atoms with Crippen molar-refractivity contribution in [3.8, 4) is 5.75 Å². The van der Waals surface area contributed by atoms with E-state index in [-0.39, 0.29) is 0 Å². The smallest absolute Gasteiger partial charge is 0.138 e. The van der Waals surface area contributed by atoms with Crippen LogP contribution in [-0.4, -0.2) is 19.1 Å². The van der Waals surface area contributed by atoms with Gasteiger partial charge in [0.1, 0.15) is 5.75 Å². The summed E-state index contributed by atoms with van der Waals surface area (Å²) in [5.74, 6) is 0.713. The van der Waals surface area contributed by atoms with Gasteiger partial charge >= 0.3 is 0 Å². The highest BCUT2D eigenvalue weighted by Crippen LogP contribution is 2.32. The van der Waals surface area contributed by atoms with Crippen LogP contribution in [0.1, 0.15) is 11.3 Å². The number of nitrogens with one attached hydrogen (secondary N) is 2. The molecule has 4 heteroatoms. The minimum absolute atomic E-state index is 0.632. The molecule has 0 bridgehead atoms. The predicted octanol–water partition coefficient (Wildman–Crippen LogP) is 2.86. The monoisotopic (exact) mass is 238 g/mol. The second-order valence-electron chi connectivity index (χ2n) is 3.79. The fourth-order valence-electron chi connectivity index (χ4n) is 1.95. The van der Waals surface area contributed by atoms with Gasteiger partial charge in [0.2, 0.25) is 0 Å². The standard InChI is InChI=1S/C12H15ClN2O/c1-7-9(6-14-2)8-4-12(16-3)10(13)5-11(8)15-7/h4-5,14-15H,6H2,1-3H3. The van der Waals surface area contributed by atoms with Crippen molar-refractivity contribution in [3.05, 3.63) is 28.4 Å². The molecule has 2 rings (SSSR count). The third-order valence-electron chi connectivity index (χ3n) is 2.75. The molecule has 2 N–H and O–H groups in total. The van der Waals surface area contributed by atoms with Crippen LogP contribution in [-0.2, 0) is 6.54 Å². The average molecular weight is 239 g/mol. The maximum absolute atomic E-state index is 6.08. The van der Waals surface area contributed by atoms with Crippen LogP contribution < -0.4 is 10.1 Å². The molecule has 0 aliphatic heterocycles. The van der Waals surface area contributed by atoms with E-state index in [1.807, 2.05) is 19.2 Å². The summed E-state index contributed by atoms with van der Waals surface area (Å²) in [6.45, 7) is 2.89. The molecule has 0 saturated heterocycles. The van der Waals surface area contributed by atoms with Crippen molar-refractivity contribution in [2.75, 3.05) is 14.2 Å². The Labute approximate surface area is 99.7 Å². The summed E-state index contributed by atoms with van der Waals surface area (Å²) in [7, 11) is 3.57. The number of halogens is 1. The Hall–Kier alpha value is -1.19. The van der Waals surface area contributed by atoms with Crippen LogP contribution in [0.2, 0.25) is 5.02 Å². The maximum Gasteiger partial charge on any atom is 0.138 e. The van der Waals surface area contributed by atoms with Gasteiger partial charge in [0, 0.05) is 23.1 Å². The molecule has 16 heavy (non-hydrogen) atoms. The molecule has 0 aliphatic carbocycles. The fourth-order valence-corrected chi connectivity index (χ4v) is 2.19. The summed E-state index contributed by atoms with van der Waals surface area (Å²) < 4.78 is 5.23. The molecule has 0 amide bonds. The van der Waals surface area contributed by atoms with E-state index in [4.69, 9.17) is 16.3 Å². The number of benzene rings is 1. The third kappa shape index (κ3) is 1.77. The van der Waals surface area contributed by atoms with E-state index >= 15 is 0 Å². The van der Waals surface area contributed by atoms with Gasteiger partial charge in [0.05, 0.1) is 12.1 Å². The molecular weight excluding hydrogens is 224 g/mol. The number of fused-ring (bicyclic) bond motifs is 1. The van der Waals surface area contributed by atoms with E-state index in [1.165, 1.54) is 5.56 Å². The Balaban J connectivity index is 2.67. The molecule has 0 spiro atoms. The molecule has 0 fully saturated rings. The van der Waals surface area contributed by atoms with Gasteiger partial charge in [0.15, 0.2) is 0 Å². The molecule has 3 nitrogen and oxygen atoms in total. The molecule has 1 heterocycles. The van der Waals surface area contributed by atoms with Crippen molar-refractivity contribution in [2.24, 2.45) is 0 Å². The number of hydrogen-bond donors (Lipinski definition) is 2. The van der Waals surface area contributed by atoms with E-state index in [0.717, 1.165) is 23.1 Å². The quantitative estimate of drug-likeness (QED) is 0.863. The molecule has 0 saturated carbocycles. The van der Waals surface area contributed by atoms with Gasteiger partial charge in [-0.25, -0.2) is 0 Å². The zero-order valence-corrected chi connectivity index (χ0v) is 10.4. The van der Waals surface area contributed by atoms with Gasteiger partial charge in [0.25, 0.3) is 0 Å². The molecule has 1 aromatic carbocycles. The number of aryl methyl sites for hydroxylation is 1. The van der Waals surface area contributed by atoms with Crippen molar-refractivity contribution in [1.29, 1.82) is 0 Å². The van der Waals surface area contributed by atoms with Crippen molar-refractivity contribution >= 4 is 22.5 Å². The van der Waals surface area contributed by atoms with Gasteiger partial charge in [-0.15, -0.1) is 0 Å². The van der Waals surface area contributed by atoms with Crippen LogP contribution in [0.25, 0.3) is 10.9 Å². The highest BCUT2D eigenvalue weighted by molar-refractivity contribution is 6.32. The predicted molar refractivity (Wildman–Crippen MR) is 67.4 cm³/mol. The van der Waals surface area contributed by atoms with Crippen LogP contribution in [0.5, 0.6) is 5.75 Å². The Morgan fingerprint density at radius 2 is 2.19 bits per heavy atom. The Kier molecular flexibility index (Phi) is 3.08. The van der Waals surface area contributed by atoms with Crippen LogP contribution >= 0.6 is 11.6 Å². The van der Waals surface area contributed by atoms with E-state index < -0.39 is 0 Å². The third-order valence-corrected chi connectivity index (χ3v) is 3.04. The summed E-state index contributed by atoms with van der Waals surface area (Å²) in [6.07, 6.45) is 0. The number of rotatable bonds is 3. The summed E-state index contributed by atoms with van der Waals surface area (Å²) >= 11 is 6.08. The van der Waals surface area contributed by atoms with Gasteiger partial charge < -0.3 is 15.0 Å². The SMILES string of the molecule is CNCc1c(C)[nH]c2cc(Cl)c(OC)cc12. The van der Waals surface area contributed by atoms with Crippen LogP contribution in [0.3, 0.4) is 0 Å². The second kappa shape index (κ2) is 4.36.